The highest BCUT2D eigenvalue weighted by molar-refractivity contribution is 5.53. The maximum atomic E-state index is 9.61. The van der Waals surface area contributed by atoms with Crippen LogP contribution in [0.25, 0.3) is 0 Å². The maximum Gasteiger partial charge on any atom is 0.160 e. The van der Waals surface area contributed by atoms with Gasteiger partial charge in [0.1, 0.15) is 0 Å². The number of hydrogen-bond acceptors (Lipinski definition) is 4. The Bertz CT molecular complexity index is 584. The fourth-order valence-corrected chi connectivity index (χ4v) is 2.08. The van der Waals surface area contributed by atoms with Crippen LogP contribution in [0.3, 0.4) is 0 Å². The van der Waals surface area contributed by atoms with Gasteiger partial charge in [0.25, 0.3) is 0 Å². The average molecular weight is 273 g/mol. The molecule has 0 aromatic heterocycles. The lowest BCUT2D eigenvalue weighted by atomic mass is 10.1. The van der Waals surface area contributed by atoms with Crippen LogP contribution in [0.4, 0.5) is 5.69 Å². The largest absolute Gasteiger partial charge is 0.504 e. The normalized spacial score (nSPS) is 11.9. The van der Waals surface area contributed by atoms with Crippen molar-refractivity contribution in [1.82, 2.24) is 0 Å². The van der Waals surface area contributed by atoms with E-state index in [-0.39, 0.29) is 18.4 Å². The summed E-state index contributed by atoms with van der Waals surface area (Å²) in [5.41, 5.74) is 2.74. The zero-order valence-corrected chi connectivity index (χ0v) is 11.6. The van der Waals surface area contributed by atoms with Gasteiger partial charge >= 0.3 is 0 Å². The van der Waals surface area contributed by atoms with Crippen molar-refractivity contribution in [3.63, 3.8) is 0 Å². The number of anilines is 1. The van der Waals surface area contributed by atoms with Crippen molar-refractivity contribution in [2.45, 2.75) is 19.6 Å². The third-order valence-corrected chi connectivity index (χ3v) is 3.26. The minimum atomic E-state index is -0.00517. The summed E-state index contributed by atoms with van der Waals surface area (Å²) in [5, 5.41) is 22.3. The minimum absolute atomic E-state index is 0.00517. The number of methoxy groups -OCH3 is 1. The summed E-state index contributed by atoms with van der Waals surface area (Å²) < 4.78 is 5.11. The third-order valence-electron chi connectivity index (χ3n) is 3.26. The number of para-hydroxylation sites is 1. The summed E-state index contributed by atoms with van der Waals surface area (Å²) in [4.78, 5) is 0. The molecule has 2 aromatic carbocycles. The standard InChI is InChI=1S/C16H19NO3/c1-11(12-7-8-15(19)16(9-12)20-2)17-14-6-4-3-5-13(14)10-18/h3-9,11,17-19H,10H2,1-2H3. The number of hydrogen-bond donors (Lipinski definition) is 3. The van der Waals surface area contributed by atoms with E-state index in [9.17, 15) is 10.2 Å². The lowest BCUT2D eigenvalue weighted by Gasteiger charge is -2.18. The molecular formula is C16H19NO3. The van der Waals surface area contributed by atoms with E-state index >= 15 is 0 Å². The van der Waals surface area contributed by atoms with Gasteiger partial charge < -0.3 is 20.3 Å². The second-order valence-corrected chi connectivity index (χ2v) is 4.61. The van der Waals surface area contributed by atoms with Crippen LogP contribution in [0.5, 0.6) is 11.5 Å². The number of nitrogens with one attached hydrogen (secondary N) is 1. The lowest BCUT2D eigenvalue weighted by molar-refractivity contribution is 0.282. The van der Waals surface area contributed by atoms with Gasteiger partial charge in [0.15, 0.2) is 11.5 Å². The van der Waals surface area contributed by atoms with Crippen LogP contribution in [0.2, 0.25) is 0 Å². The van der Waals surface area contributed by atoms with E-state index in [1.807, 2.05) is 37.3 Å². The molecule has 1 atom stereocenters. The Balaban J connectivity index is 2.21. The molecule has 2 aromatic rings. The zero-order valence-electron chi connectivity index (χ0n) is 11.6. The van der Waals surface area contributed by atoms with Gasteiger partial charge in [-0.2, -0.15) is 0 Å². The number of phenolic OH excluding ortho intramolecular Hbond substituents is 1. The second kappa shape index (κ2) is 6.30. The molecule has 0 heterocycles. The third kappa shape index (κ3) is 3.03. The van der Waals surface area contributed by atoms with E-state index < -0.39 is 0 Å². The molecule has 0 spiro atoms. The van der Waals surface area contributed by atoms with Crippen LogP contribution in [-0.2, 0) is 6.61 Å². The molecule has 4 nitrogen and oxygen atoms in total. The van der Waals surface area contributed by atoms with Crippen LogP contribution in [0, 0.1) is 0 Å². The first kappa shape index (κ1) is 14.2. The first-order valence-corrected chi connectivity index (χ1v) is 6.48. The molecule has 20 heavy (non-hydrogen) atoms. The van der Waals surface area contributed by atoms with Crippen molar-refractivity contribution >= 4 is 5.69 Å². The van der Waals surface area contributed by atoms with Gasteiger partial charge in [-0.15, -0.1) is 0 Å². The molecule has 1 unspecified atom stereocenters. The van der Waals surface area contributed by atoms with E-state index in [2.05, 4.69) is 5.32 Å². The first-order valence-electron chi connectivity index (χ1n) is 6.48. The highest BCUT2D eigenvalue weighted by Gasteiger charge is 2.10. The summed E-state index contributed by atoms with van der Waals surface area (Å²) in [6.45, 7) is 2.01. The minimum Gasteiger partial charge on any atom is -0.504 e. The Labute approximate surface area is 118 Å². The number of aliphatic hydroxyl groups excluding tert-OH is 1. The van der Waals surface area contributed by atoms with Crippen molar-refractivity contribution in [3.8, 4) is 11.5 Å². The molecule has 2 rings (SSSR count). The highest BCUT2D eigenvalue weighted by Crippen LogP contribution is 2.30. The summed E-state index contributed by atoms with van der Waals surface area (Å²) >= 11 is 0. The van der Waals surface area contributed by atoms with Crippen LogP contribution in [0.1, 0.15) is 24.1 Å². The monoisotopic (exact) mass is 273 g/mol. The molecule has 3 N–H and O–H groups in total. The lowest BCUT2D eigenvalue weighted by Crippen LogP contribution is -2.08. The van der Waals surface area contributed by atoms with Crippen LogP contribution in [-0.4, -0.2) is 17.3 Å². The molecule has 0 aliphatic heterocycles. The van der Waals surface area contributed by atoms with Gasteiger partial charge in [-0.1, -0.05) is 24.3 Å². The Hall–Kier alpha value is -2.20. The molecule has 0 radical (unpaired) electrons. The van der Waals surface area contributed by atoms with E-state index in [1.165, 1.54) is 7.11 Å². The molecule has 0 saturated heterocycles. The fourth-order valence-electron chi connectivity index (χ4n) is 2.08. The predicted molar refractivity (Wildman–Crippen MR) is 79.1 cm³/mol. The summed E-state index contributed by atoms with van der Waals surface area (Å²) in [6.07, 6.45) is 0. The molecule has 0 amide bonds. The highest BCUT2D eigenvalue weighted by atomic mass is 16.5. The molecule has 0 aliphatic rings. The van der Waals surface area contributed by atoms with Gasteiger partial charge in [-0.25, -0.2) is 0 Å². The molecule has 0 fully saturated rings. The van der Waals surface area contributed by atoms with E-state index in [0.29, 0.717) is 5.75 Å². The van der Waals surface area contributed by atoms with Gasteiger partial charge in [0.05, 0.1) is 13.7 Å². The van der Waals surface area contributed by atoms with Gasteiger partial charge in [0.2, 0.25) is 0 Å². The SMILES string of the molecule is COc1cc(C(C)Nc2ccccc2CO)ccc1O. The summed E-state index contributed by atoms with van der Waals surface area (Å²) in [7, 11) is 1.53. The number of phenols is 1. The molecule has 0 bridgehead atoms. The van der Waals surface area contributed by atoms with Crippen LogP contribution in [0.15, 0.2) is 42.5 Å². The van der Waals surface area contributed by atoms with E-state index in [0.717, 1.165) is 16.8 Å². The number of aliphatic hydroxyl groups is 1. The molecule has 0 aliphatic carbocycles. The van der Waals surface area contributed by atoms with Crippen LogP contribution < -0.4 is 10.1 Å². The van der Waals surface area contributed by atoms with E-state index in [4.69, 9.17) is 4.74 Å². The number of ether oxygens (including phenoxy) is 1. The molecule has 4 heteroatoms. The van der Waals surface area contributed by atoms with Gasteiger partial charge in [-0.05, 0) is 30.7 Å². The fraction of sp³-hybridized carbons (Fsp3) is 0.250. The van der Waals surface area contributed by atoms with Crippen molar-refractivity contribution in [2.75, 3.05) is 12.4 Å². The molecule has 0 saturated carbocycles. The second-order valence-electron chi connectivity index (χ2n) is 4.61. The summed E-state index contributed by atoms with van der Waals surface area (Å²) in [6, 6.07) is 12.9. The van der Waals surface area contributed by atoms with Gasteiger partial charge in [0, 0.05) is 17.3 Å². The zero-order chi connectivity index (χ0) is 14.5. The topological polar surface area (TPSA) is 61.7 Å². The Kier molecular flexibility index (Phi) is 4.48. The Morgan fingerprint density at radius 2 is 1.95 bits per heavy atom. The van der Waals surface area contributed by atoms with Crippen LogP contribution >= 0.6 is 0 Å². The average Bonchev–Trinajstić information content (AvgIpc) is 2.48. The number of rotatable bonds is 5. The summed E-state index contributed by atoms with van der Waals surface area (Å²) in [5.74, 6) is 0.575. The first-order chi connectivity index (χ1) is 9.65. The van der Waals surface area contributed by atoms with Crippen molar-refractivity contribution in [1.29, 1.82) is 0 Å². The van der Waals surface area contributed by atoms with Gasteiger partial charge in [-0.3, -0.25) is 0 Å². The molecule has 106 valence electrons. The molecular weight excluding hydrogens is 254 g/mol. The Morgan fingerprint density at radius 1 is 1.20 bits per heavy atom. The quantitative estimate of drug-likeness (QED) is 0.783. The smallest absolute Gasteiger partial charge is 0.160 e. The predicted octanol–water partition coefficient (Wildman–Crippen LogP) is 3.07. The maximum absolute atomic E-state index is 9.61. The van der Waals surface area contributed by atoms with Crippen molar-refractivity contribution in [3.05, 3.63) is 53.6 Å². The number of benzene rings is 2. The van der Waals surface area contributed by atoms with Crippen molar-refractivity contribution < 1.29 is 14.9 Å². The van der Waals surface area contributed by atoms with Crippen molar-refractivity contribution in [2.24, 2.45) is 0 Å². The Morgan fingerprint density at radius 3 is 2.65 bits per heavy atom. The number of aromatic hydroxyl groups is 1. The van der Waals surface area contributed by atoms with E-state index in [1.54, 1.807) is 12.1 Å².